The Morgan fingerprint density at radius 1 is 1.50 bits per heavy atom. The van der Waals surface area contributed by atoms with Crippen molar-refractivity contribution in [2.45, 2.75) is 25.3 Å². The van der Waals surface area contributed by atoms with E-state index in [-0.39, 0.29) is 12.8 Å². The van der Waals surface area contributed by atoms with Crippen molar-refractivity contribution < 1.29 is 19.2 Å². The number of nitrogens with two attached hydrogens (primary N) is 1. The lowest BCUT2D eigenvalue weighted by Gasteiger charge is -2.39. The maximum absolute atomic E-state index is 12.6. The predicted octanol–water partition coefficient (Wildman–Crippen LogP) is -1.02. The van der Waals surface area contributed by atoms with Crippen LogP contribution in [0.25, 0.3) is 0 Å². The van der Waals surface area contributed by atoms with Crippen LogP contribution in [0.1, 0.15) is 19.8 Å². The smallest absolute Gasteiger partial charge is 0.275 e. The van der Waals surface area contributed by atoms with E-state index in [4.69, 9.17) is 5.73 Å². The minimum atomic E-state index is -1.56. The van der Waals surface area contributed by atoms with Crippen LogP contribution >= 0.6 is 0 Å². The van der Waals surface area contributed by atoms with E-state index in [1.54, 1.807) is 18.4 Å². The first-order valence-electron chi connectivity index (χ1n) is 6.75. The number of hydrogen-bond donors (Lipinski definition) is 2. The molecule has 22 heavy (non-hydrogen) atoms. The molecule has 0 aromatic carbocycles. The van der Waals surface area contributed by atoms with Gasteiger partial charge in [-0.2, -0.15) is 4.99 Å². The number of amides is 4. The maximum atomic E-state index is 12.6. The zero-order valence-corrected chi connectivity index (χ0v) is 11.8. The molecule has 2 atom stereocenters. The van der Waals surface area contributed by atoms with Gasteiger partial charge >= 0.3 is 0 Å². The van der Waals surface area contributed by atoms with E-state index < -0.39 is 35.1 Å². The molecular weight excluding hydrogens is 288 g/mol. The van der Waals surface area contributed by atoms with Crippen LogP contribution in [0.3, 0.4) is 0 Å². The van der Waals surface area contributed by atoms with Crippen LogP contribution in [-0.4, -0.2) is 39.9 Å². The summed E-state index contributed by atoms with van der Waals surface area (Å²) < 4.78 is 0. The molecule has 1 saturated heterocycles. The molecule has 0 aromatic heterocycles. The zero-order valence-electron chi connectivity index (χ0n) is 11.8. The fourth-order valence-electron chi connectivity index (χ4n) is 3.12. The molecule has 0 radical (unpaired) electrons. The Morgan fingerprint density at radius 3 is 2.82 bits per heavy atom. The Labute approximate surface area is 125 Å². The van der Waals surface area contributed by atoms with Gasteiger partial charge in [-0.1, -0.05) is 0 Å². The summed E-state index contributed by atoms with van der Waals surface area (Å²) >= 11 is 0. The third kappa shape index (κ3) is 1.87. The molecule has 4 amide bonds. The second-order valence-electron chi connectivity index (χ2n) is 5.59. The molecular formula is C14H14N4O4. The molecule has 0 aliphatic carbocycles. The minimum absolute atomic E-state index is 0.173. The van der Waals surface area contributed by atoms with Crippen LogP contribution in [0, 0.1) is 5.92 Å². The number of carbonyl (C=O) groups is 4. The fourth-order valence-corrected chi connectivity index (χ4v) is 3.12. The van der Waals surface area contributed by atoms with Crippen LogP contribution in [0.2, 0.25) is 0 Å². The van der Waals surface area contributed by atoms with Gasteiger partial charge < -0.3 is 10.6 Å². The molecule has 0 bridgehead atoms. The molecule has 114 valence electrons. The molecule has 0 aromatic rings. The number of nitrogens with zero attached hydrogens (tertiary/aromatic N) is 2. The molecule has 3 aliphatic heterocycles. The van der Waals surface area contributed by atoms with Gasteiger partial charge in [0.1, 0.15) is 11.4 Å². The van der Waals surface area contributed by atoms with E-state index >= 15 is 0 Å². The van der Waals surface area contributed by atoms with E-state index in [2.05, 4.69) is 10.3 Å². The van der Waals surface area contributed by atoms with Gasteiger partial charge in [-0.15, -0.1) is 0 Å². The lowest BCUT2D eigenvalue weighted by atomic mass is 9.77. The van der Waals surface area contributed by atoms with Crippen molar-refractivity contribution in [2.75, 3.05) is 0 Å². The van der Waals surface area contributed by atoms with Crippen molar-refractivity contribution in [3.8, 4) is 0 Å². The summed E-state index contributed by atoms with van der Waals surface area (Å²) in [6.45, 7) is 1.83. The van der Waals surface area contributed by atoms with Gasteiger partial charge in [0.15, 0.2) is 0 Å². The SMILES string of the molecule is CC1=CC2=NC(=O)[C@](CC(N)=O)([C@H]3CC(=O)NC3=O)N2C=C1. The molecule has 3 N–H and O–H groups in total. The summed E-state index contributed by atoms with van der Waals surface area (Å²) in [6, 6.07) is 0. The van der Waals surface area contributed by atoms with Crippen molar-refractivity contribution in [3.05, 3.63) is 23.9 Å². The third-order valence-electron chi connectivity index (χ3n) is 4.10. The standard InChI is InChI=1S/C14H14N4O4/c1-7-2-3-18-10(4-7)16-13(22)14(18,6-9(15)19)8-5-11(20)17-12(8)21/h2-4,8H,5-6H2,1H3,(H2,15,19)(H,17,20,21)/t8-,14-/m0/s1. The molecule has 3 heterocycles. The van der Waals surface area contributed by atoms with Gasteiger partial charge in [0.25, 0.3) is 5.91 Å². The second kappa shape index (κ2) is 4.62. The first-order chi connectivity index (χ1) is 10.3. The first-order valence-corrected chi connectivity index (χ1v) is 6.75. The van der Waals surface area contributed by atoms with E-state index in [0.29, 0.717) is 5.84 Å². The highest BCUT2D eigenvalue weighted by atomic mass is 16.2. The van der Waals surface area contributed by atoms with Crippen LogP contribution in [0.15, 0.2) is 28.9 Å². The molecule has 0 spiro atoms. The van der Waals surface area contributed by atoms with E-state index in [1.807, 2.05) is 6.92 Å². The Morgan fingerprint density at radius 2 is 2.23 bits per heavy atom. The Balaban J connectivity index is 2.10. The van der Waals surface area contributed by atoms with E-state index in [1.165, 1.54) is 4.90 Å². The molecule has 3 rings (SSSR count). The predicted molar refractivity (Wildman–Crippen MR) is 75.0 cm³/mol. The Hall–Kier alpha value is -2.77. The summed E-state index contributed by atoms with van der Waals surface area (Å²) in [5, 5.41) is 2.17. The van der Waals surface area contributed by atoms with Gasteiger partial charge in [-0.05, 0) is 24.6 Å². The third-order valence-corrected chi connectivity index (χ3v) is 4.10. The van der Waals surface area contributed by atoms with E-state index in [0.717, 1.165) is 5.57 Å². The lowest BCUT2D eigenvalue weighted by molar-refractivity contribution is -0.138. The Kier molecular flexibility index (Phi) is 2.98. The number of fused-ring (bicyclic) bond motifs is 1. The summed E-state index contributed by atoms with van der Waals surface area (Å²) in [7, 11) is 0. The monoisotopic (exact) mass is 302 g/mol. The molecule has 8 heteroatoms. The summed E-state index contributed by atoms with van der Waals surface area (Å²) in [5.74, 6) is -3.09. The zero-order chi connectivity index (χ0) is 16.1. The number of allylic oxidation sites excluding steroid dienone is 2. The van der Waals surface area contributed by atoms with Crippen LogP contribution in [0.5, 0.6) is 0 Å². The van der Waals surface area contributed by atoms with Crippen LogP contribution in [0.4, 0.5) is 0 Å². The highest BCUT2D eigenvalue weighted by Gasteiger charge is 2.60. The van der Waals surface area contributed by atoms with Crippen LogP contribution < -0.4 is 11.1 Å². The van der Waals surface area contributed by atoms with Gasteiger partial charge in [0, 0.05) is 12.6 Å². The van der Waals surface area contributed by atoms with Gasteiger partial charge in [-0.25, -0.2) is 0 Å². The Bertz CT molecular complexity index is 706. The van der Waals surface area contributed by atoms with Crippen molar-refractivity contribution in [3.63, 3.8) is 0 Å². The normalized spacial score (nSPS) is 30.1. The molecule has 3 aliphatic rings. The average molecular weight is 302 g/mol. The van der Waals surface area contributed by atoms with Gasteiger partial charge in [-0.3, -0.25) is 24.5 Å². The summed E-state index contributed by atoms with van der Waals surface area (Å²) in [5.41, 5.74) is 4.61. The van der Waals surface area contributed by atoms with Crippen molar-refractivity contribution in [1.29, 1.82) is 0 Å². The average Bonchev–Trinajstić information content (AvgIpc) is 2.87. The number of carbonyl (C=O) groups excluding carboxylic acids is 4. The van der Waals surface area contributed by atoms with Gasteiger partial charge in [0.05, 0.1) is 12.3 Å². The summed E-state index contributed by atoms with van der Waals surface area (Å²) in [4.78, 5) is 53.1. The fraction of sp³-hybridized carbons (Fsp3) is 0.357. The van der Waals surface area contributed by atoms with Crippen LogP contribution in [-0.2, 0) is 19.2 Å². The van der Waals surface area contributed by atoms with Crippen molar-refractivity contribution in [2.24, 2.45) is 16.6 Å². The number of imide groups is 1. The number of amidine groups is 1. The minimum Gasteiger partial charge on any atom is -0.370 e. The van der Waals surface area contributed by atoms with Crippen molar-refractivity contribution in [1.82, 2.24) is 10.2 Å². The quantitative estimate of drug-likeness (QED) is 0.646. The molecule has 1 fully saturated rings. The number of hydrogen-bond acceptors (Lipinski definition) is 5. The number of rotatable bonds is 3. The maximum Gasteiger partial charge on any atom is 0.275 e. The van der Waals surface area contributed by atoms with Gasteiger partial charge in [0.2, 0.25) is 17.7 Å². The first kappa shape index (κ1) is 14.2. The van der Waals surface area contributed by atoms with E-state index in [9.17, 15) is 19.2 Å². The lowest BCUT2D eigenvalue weighted by Crippen LogP contribution is -2.58. The molecule has 0 unspecified atom stereocenters. The topological polar surface area (TPSA) is 122 Å². The highest BCUT2D eigenvalue weighted by Crippen LogP contribution is 2.40. The number of aliphatic imine (C=N–C) groups is 1. The molecule has 0 saturated carbocycles. The number of primary amides is 1. The largest absolute Gasteiger partial charge is 0.370 e. The summed E-state index contributed by atoms with van der Waals surface area (Å²) in [6.07, 6.45) is 4.45. The number of nitrogens with one attached hydrogen (secondary N) is 1. The van der Waals surface area contributed by atoms with Crippen molar-refractivity contribution >= 4 is 29.5 Å². The highest BCUT2D eigenvalue weighted by molar-refractivity contribution is 6.17. The molecule has 8 nitrogen and oxygen atoms in total. The second-order valence-corrected chi connectivity index (χ2v) is 5.59.